The molecule has 0 amide bonds. The van der Waals surface area contributed by atoms with Gasteiger partial charge in [0.15, 0.2) is 23.0 Å². The van der Waals surface area contributed by atoms with Crippen molar-refractivity contribution in [2.75, 3.05) is 14.7 Å². The zero-order valence-electron chi connectivity index (χ0n) is 32.0. The average molecular weight is 760 g/mol. The molecule has 5 nitrogen and oxygen atoms in total. The number of hydrogen-bond donors (Lipinski definition) is 0. The molecule has 2 heterocycles. The fraction of sp³-hybridized carbons (Fsp3) is 0. The molecule has 2 aliphatic rings. The minimum atomic E-state index is 0.847. The van der Waals surface area contributed by atoms with E-state index < -0.39 is 0 Å². The Hall–Kier alpha value is -8.02. The molecule has 0 saturated heterocycles. The minimum absolute atomic E-state index is 0.847. The third-order valence-electron chi connectivity index (χ3n) is 11.0. The summed E-state index contributed by atoms with van der Waals surface area (Å²) in [6, 6.07) is 78.5. The molecule has 59 heavy (non-hydrogen) atoms. The van der Waals surface area contributed by atoms with E-state index in [9.17, 15) is 0 Å². The van der Waals surface area contributed by atoms with Crippen molar-refractivity contribution >= 4 is 51.2 Å². The van der Waals surface area contributed by atoms with Crippen LogP contribution >= 0.6 is 0 Å². The fourth-order valence-electron chi connectivity index (χ4n) is 8.20. The van der Waals surface area contributed by atoms with Crippen molar-refractivity contribution in [1.29, 1.82) is 0 Å². The predicted molar refractivity (Wildman–Crippen MR) is 242 cm³/mol. The first kappa shape index (κ1) is 34.2. The normalized spacial score (nSPS) is 12.3. The van der Waals surface area contributed by atoms with E-state index in [0.717, 1.165) is 96.4 Å². The Labute approximate surface area is 343 Å². The number of fused-ring (bicyclic) bond motifs is 4. The first-order valence-electron chi connectivity index (χ1n) is 19.8. The molecule has 0 aliphatic carbocycles. The van der Waals surface area contributed by atoms with Gasteiger partial charge in [-0.15, -0.1) is 0 Å². The van der Waals surface area contributed by atoms with Crippen LogP contribution in [0, 0.1) is 0 Å². The van der Waals surface area contributed by atoms with Gasteiger partial charge in [-0.2, -0.15) is 0 Å². The summed E-state index contributed by atoms with van der Waals surface area (Å²) >= 11 is 0. The summed E-state index contributed by atoms with van der Waals surface area (Å²) in [5.41, 5.74) is 14.1. The summed E-state index contributed by atoms with van der Waals surface area (Å²) in [7, 11) is 0. The van der Waals surface area contributed by atoms with Crippen LogP contribution in [0.2, 0.25) is 0 Å². The number of anilines is 9. The van der Waals surface area contributed by atoms with Gasteiger partial charge in [0.2, 0.25) is 0 Å². The van der Waals surface area contributed by atoms with Crippen LogP contribution in [-0.4, -0.2) is 0 Å². The number of ether oxygens (including phenoxy) is 2. The molecule has 0 bridgehead atoms. The summed E-state index contributed by atoms with van der Waals surface area (Å²) < 4.78 is 12.5. The molecule has 0 atom stereocenters. The molecule has 5 heteroatoms. The van der Waals surface area contributed by atoms with Gasteiger partial charge in [-0.25, -0.2) is 0 Å². The minimum Gasteiger partial charge on any atom is -0.453 e. The van der Waals surface area contributed by atoms with Gasteiger partial charge in [0, 0.05) is 28.4 Å². The Bertz CT molecular complexity index is 2650. The molecule has 9 aromatic carbocycles. The Morgan fingerprint density at radius 3 is 0.864 bits per heavy atom. The molecule has 11 rings (SSSR count). The van der Waals surface area contributed by atoms with Gasteiger partial charge in [-0.1, -0.05) is 115 Å². The average Bonchev–Trinajstić information content (AvgIpc) is 3.31. The molecule has 9 aromatic rings. The molecular weight excluding hydrogens is 723 g/mol. The van der Waals surface area contributed by atoms with Crippen molar-refractivity contribution < 1.29 is 9.47 Å². The van der Waals surface area contributed by atoms with E-state index in [0.29, 0.717) is 0 Å². The quantitative estimate of drug-likeness (QED) is 0.161. The molecule has 0 radical (unpaired) electrons. The number of hydrogen-bond acceptors (Lipinski definition) is 5. The Morgan fingerprint density at radius 1 is 0.254 bits per heavy atom. The largest absolute Gasteiger partial charge is 0.453 e. The molecule has 0 fully saturated rings. The molecule has 0 unspecified atom stereocenters. The van der Waals surface area contributed by atoms with Crippen LogP contribution in [-0.2, 0) is 0 Å². The van der Waals surface area contributed by atoms with Gasteiger partial charge in [0.25, 0.3) is 0 Å². The summed E-state index contributed by atoms with van der Waals surface area (Å²) in [6.45, 7) is 0. The molecule has 280 valence electrons. The summed E-state index contributed by atoms with van der Waals surface area (Å²) in [4.78, 5) is 6.84. The highest BCUT2D eigenvalue weighted by atomic mass is 16.5. The molecule has 0 spiro atoms. The van der Waals surface area contributed by atoms with Gasteiger partial charge < -0.3 is 24.2 Å². The molecular formula is C54H37N3O2. The van der Waals surface area contributed by atoms with Crippen molar-refractivity contribution in [3.05, 3.63) is 224 Å². The molecule has 0 saturated carbocycles. The summed E-state index contributed by atoms with van der Waals surface area (Å²) in [5.74, 6) is 3.39. The lowest BCUT2D eigenvalue weighted by molar-refractivity contribution is 0.477. The second-order valence-electron chi connectivity index (χ2n) is 14.6. The van der Waals surface area contributed by atoms with Crippen molar-refractivity contribution in [2.45, 2.75) is 0 Å². The highest BCUT2D eigenvalue weighted by molar-refractivity contribution is 5.89. The van der Waals surface area contributed by atoms with E-state index in [1.165, 1.54) is 0 Å². The standard InChI is InChI=1S/C54H37N3O2/c1-2-12-42(13-3-1)55(43-30-22-38(23-31-43)40-26-34-45(35-27-40)56-47-14-4-8-18-51(47)58-52-19-9-5-15-48(52)56)44-32-24-39(25-33-44)41-28-36-46(37-29-41)57-49-16-6-10-20-53(49)59-54-21-11-7-17-50(54)57/h1-37H. The number of rotatable bonds is 7. The first-order valence-corrected chi connectivity index (χ1v) is 19.8. The van der Waals surface area contributed by atoms with E-state index in [-0.39, 0.29) is 0 Å². The topological polar surface area (TPSA) is 28.2 Å². The van der Waals surface area contributed by atoms with Gasteiger partial charge in [0.1, 0.15) is 0 Å². The van der Waals surface area contributed by atoms with Crippen LogP contribution in [0.1, 0.15) is 0 Å². The van der Waals surface area contributed by atoms with Gasteiger partial charge in [-0.3, -0.25) is 0 Å². The third kappa shape index (κ3) is 6.22. The van der Waals surface area contributed by atoms with Crippen LogP contribution in [0.3, 0.4) is 0 Å². The lowest BCUT2D eigenvalue weighted by Gasteiger charge is -2.32. The van der Waals surface area contributed by atoms with Crippen LogP contribution < -0.4 is 24.2 Å². The number of nitrogens with zero attached hydrogens (tertiary/aromatic N) is 3. The maximum atomic E-state index is 6.23. The first-order chi connectivity index (χ1) is 29.2. The Balaban J connectivity index is 0.861. The molecule has 0 N–H and O–H groups in total. The number of para-hydroxylation sites is 9. The van der Waals surface area contributed by atoms with Crippen molar-refractivity contribution in [3.8, 4) is 45.3 Å². The van der Waals surface area contributed by atoms with E-state index in [4.69, 9.17) is 9.47 Å². The van der Waals surface area contributed by atoms with Crippen LogP contribution in [0.5, 0.6) is 23.0 Å². The SMILES string of the molecule is c1ccc(N(c2ccc(-c3ccc(N4c5ccccc5Oc5ccccc54)cc3)cc2)c2ccc(-c3ccc(N4c5ccccc5Oc5ccccc54)cc3)cc2)cc1. The van der Waals surface area contributed by atoms with Crippen molar-refractivity contribution in [2.24, 2.45) is 0 Å². The maximum Gasteiger partial charge on any atom is 0.151 e. The van der Waals surface area contributed by atoms with Crippen molar-refractivity contribution in [1.82, 2.24) is 0 Å². The van der Waals surface area contributed by atoms with Gasteiger partial charge >= 0.3 is 0 Å². The Kier molecular flexibility index (Phi) is 8.41. The lowest BCUT2D eigenvalue weighted by atomic mass is 10.0. The van der Waals surface area contributed by atoms with E-state index in [1.54, 1.807) is 0 Å². The summed E-state index contributed by atoms with van der Waals surface area (Å²) in [6.07, 6.45) is 0. The van der Waals surface area contributed by atoms with Crippen LogP contribution in [0.25, 0.3) is 22.3 Å². The molecule has 0 aromatic heterocycles. The van der Waals surface area contributed by atoms with Gasteiger partial charge in [-0.05, 0) is 131 Å². The Morgan fingerprint density at radius 2 is 0.525 bits per heavy atom. The zero-order valence-corrected chi connectivity index (χ0v) is 32.0. The second-order valence-corrected chi connectivity index (χ2v) is 14.6. The third-order valence-corrected chi connectivity index (χ3v) is 11.0. The predicted octanol–water partition coefficient (Wildman–Crippen LogP) is 15.6. The monoisotopic (exact) mass is 759 g/mol. The van der Waals surface area contributed by atoms with Crippen LogP contribution in [0.15, 0.2) is 224 Å². The van der Waals surface area contributed by atoms with Crippen LogP contribution in [0.4, 0.5) is 51.2 Å². The molecule has 2 aliphatic heterocycles. The van der Waals surface area contributed by atoms with E-state index in [1.807, 2.05) is 48.5 Å². The van der Waals surface area contributed by atoms with Gasteiger partial charge in [0.05, 0.1) is 22.7 Å². The lowest BCUT2D eigenvalue weighted by Crippen LogP contribution is -2.15. The smallest absolute Gasteiger partial charge is 0.151 e. The van der Waals surface area contributed by atoms with E-state index >= 15 is 0 Å². The zero-order chi connectivity index (χ0) is 39.1. The van der Waals surface area contributed by atoms with Crippen molar-refractivity contribution in [3.63, 3.8) is 0 Å². The van der Waals surface area contributed by atoms with E-state index in [2.05, 4.69) is 191 Å². The number of benzene rings is 9. The summed E-state index contributed by atoms with van der Waals surface area (Å²) in [5, 5.41) is 0. The second kappa shape index (κ2) is 14.5. The fourth-order valence-corrected chi connectivity index (χ4v) is 8.20. The maximum absolute atomic E-state index is 6.23. The highest BCUT2D eigenvalue weighted by Gasteiger charge is 2.26. The highest BCUT2D eigenvalue weighted by Crippen LogP contribution is 2.52.